The molecule has 1 aromatic heterocycles. The summed E-state index contributed by atoms with van der Waals surface area (Å²) in [6.45, 7) is 1.85. The lowest BCUT2D eigenvalue weighted by molar-refractivity contribution is 0.0935. The number of hydrogen-bond donors (Lipinski definition) is 2. The molecule has 1 aliphatic heterocycles. The summed E-state index contributed by atoms with van der Waals surface area (Å²) in [6.07, 6.45) is 2.10. The van der Waals surface area contributed by atoms with Crippen LogP contribution in [-0.2, 0) is 0 Å². The molecule has 2 N–H and O–H groups in total. The molecular weight excluding hydrogens is 263 g/mol. The van der Waals surface area contributed by atoms with Crippen LogP contribution >= 0.6 is 11.3 Å². The fourth-order valence-electron chi connectivity index (χ4n) is 2.35. The third-order valence-corrected chi connectivity index (χ3v) is 4.43. The van der Waals surface area contributed by atoms with Gasteiger partial charge in [0.25, 0.3) is 5.91 Å². The molecule has 1 aliphatic rings. The summed E-state index contributed by atoms with van der Waals surface area (Å²) in [5, 5.41) is 7.21. The van der Waals surface area contributed by atoms with Crippen molar-refractivity contribution < 1.29 is 9.18 Å². The Balaban J connectivity index is 1.77. The maximum atomic E-state index is 13.1. The molecule has 2 aromatic rings. The van der Waals surface area contributed by atoms with Crippen LogP contribution in [0.15, 0.2) is 24.3 Å². The number of thiophene rings is 1. The van der Waals surface area contributed by atoms with Gasteiger partial charge < -0.3 is 10.6 Å². The highest BCUT2D eigenvalue weighted by Crippen LogP contribution is 2.26. The van der Waals surface area contributed by atoms with E-state index in [1.165, 1.54) is 23.5 Å². The predicted octanol–water partition coefficient (Wildman–Crippen LogP) is 2.52. The number of carbonyl (C=O) groups excluding carboxylic acids is 1. The number of nitrogens with one attached hydrogen (secondary N) is 2. The molecule has 100 valence electrons. The number of piperidine rings is 1. The molecule has 0 aliphatic carbocycles. The lowest BCUT2D eigenvalue weighted by Gasteiger charge is -2.23. The molecule has 19 heavy (non-hydrogen) atoms. The van der Waals surface area contributed by atoms with E-state index in [9.17, 15) is 9.18 Å². The van der Waals surface area contributed by atoms with Gasteiger partial charge in [0.05, 0.1) is 4.88 Å². The Hall–Kier alpha value is -1.46. The van der Waals surface area contributed by atoms with Crippen molar-refractivity contribution in [1.29, 1.82) is 0 Å². The molecule has 3 nitrogen and oxygen atoms in total. The van der Waals surface area contributed by atoms with Gasteiger partial charge in [0.15, 0.2) is 0 Å². The molecule has 0 saturated carbocycles. The number of rotatable bonds is 2. The van der Waals surface area contributed by atoms with Crippen molar-refractivity contribution in [1.82, 2.24) is 10.6 Å². The number of halogens is 1. The summed E-state index contributed by atoms with van der Waals surface area (Å²) in [6, 6.07) is 6.62. The molecule has 1 atom stereocenters. The van der Waals surface area contributed by atoms with E-state index in [1.54, 1.807) is 6.07 Å². The first-order valence-electron chi connectivity index (χ1n) is 6.43. The van der Waals surface area contributed by atoms with Crippen LogP contribution < -0.4 is 10.6 Å². The number of hydrogen-bond acceptors (Lipinski definition) is 3. The van der Waals surface area contributed by atoms with Gasteiger partial charge in [-0.3, -0.25) is 4.79 Å². The standard InChI is InChI=1S/C14H15FN2OS/c15-10-4-3-9-6-13(19-12(9)7-10)14(18)17-11-2-1-5-16-8-11/h3-4,6-7,11,16H,1-2,5,8H2,(H,17,18)/t11-/m0/s1. The van der Waals surface area contributed by atoms with Crippen molar-refractivity contribution >= 4 is 27.3 Å². The van der Waals surface area contributed by atoms with Crippen LogP contribution in [0.1, 0.15) is 22.5 Å². The minimum absolute atomic E-state index is 0.0599. The maximum Gasteiger partial charge on any atom is 0.261 e. The Labute approximate surface area is 114 Å². The molecule has 3 rings (SSSR count). The molecule has 0 radical (unpaired) electrons. The molecular formula is C14H15FN2OS. The second kappa shape index (κ2) is 5.27. The third-order valence-electron chi connectivity index (χ3n) is 3.34. The summed E-state index contributed by atoms with van der Waals surface area (Å²) in [4.78, 5) is 12.8. The van der Waals surface area contributed by atoms with Crippen molar-refractivity contribution in [3.63, 3.8) is 0 Å². The van der Waals surface area contributed by atoms with Crippen molar-refractivity contribution in [2.24, 2.45) is 0 Å². The Morgan fingerprint density at radius 2 is 2.32 bits per heavy atom. The molecule has 1 amide bonds. The van der Waals surface area contributed by atoms with Gasteiger partial charge in [-0.05, 0) is 43.0 Å². The smallest absolute Gasteiger partial charge is 0.261 e. The summed E-state index contributed by atoms with van der Waals surface area (Å²) < 4.78 is 13.9. The van der Waals surface area contributed by atoms with Crippen molar-refractivity contribution in [2.45, 2.75) is 18.9 Å². The number of fused-ring (bicyclic) bond motifs is 1. The number of carbonyl (C=O) groups is 1. The Kier molecular flexibility index (Phi) is 3.48. The van der Waals surface area contributed by atoms with E-state index in [1.807, 2.05) is 6.07 Å². The first-order valence-corrected chi connectivity index (χ1v) is 7.25. The second-order valence-corrected chi connectivity index (χ2v) is 5.89. The summed E-state index contributed by atoms with van der Waals surface area (Å²) in [7, 11) is 0. The highest BCUT2D eigenvalue weighted by molar-refractivity contribution is 7.20. The van der Waals surface area contributed by atoms with Crippen LogP contribution in [0.3, 0.4) is 0 Å². The predicted molar refractivity (Wildman–Crippen MR) is 75.1 cm³/mol. The van der Waals surface area contributed by atoms with E-state index >= 15 is 0 Å². The average Bonchev–Trinajstić information content (AvgIpc) is 2.83. The topological polar surface area (TPSA) is 41.1 Å². The van der Waals surface area contributed by atoms with Crippen molar-refractivity contribution in [3.05, 3.63) is 35.0 Å². The van der Waals surface area contributed by atoms with Gasteiger partial charge in [0.2, 0.25) is 0 Å². The number of amides is 1. The summed E-state index contributed by atoms with van der Waals surface area (Å²) in [5.41, 5.74) is 0. The fraction of sp³-hybridized carbons (Fsp3) is 0.357. The zero-order valence-electron chi connectivity index (χ0n) is 10.4. The third kappa shape index (κ3) is 2.77. The van der Waals surface area contributed by atoms with Crippen LogP contribution in [0.25, 0.3) is 10.1 Å². The van der Waals surface area contributed by atoms with Crippen molar-refractivity contribution in [3.8, 4) is 0 Å². The van der Waals surface area contributed by atoms with Crippen LogP contribution in [0, 0.1) is 5.82 Å². The number of benzene rings is 1. The SMILES string of the molecule is O=C(N[C@H]1CCCNC1)c1cc2ccc(F)cc2s1. The fourth-order valence-corrected chi connectivity index (χ4v) is 3.34. The molecule has 0 spiro atoms. The zero-order valence-corrected chi connectivity index (χ0v) is 11.2. The monoisotopic (exact) mass is 278 g/mol. The summed E-state index contributed by atoms with van der Waals surface area (Å²) >= 11 is 1.34. The minimum atomic E-state index is -0.266. The highest BCUT2D eigenvalue weighted by atomic mass is 32.1. The van der Waals surface area contributed by atoms with Gasteiger partial charge in [-0.25, -0.2) is 4.39 Å². The largest absolute Gasteiger partial charge is 0.347 e. The lowest BCUT2D eigenvalue weighted by Crippen LogP contribution is -2.45. The van der Waals surface area contributed by atoms with Gasteiger partial charge >= 0.3 is 0 Å². The Morgan fingerprint density at radius 1 is 1.42 bits per heavy atom. The van der Waals surface area contributed by atoms with Gasteiger partial charge in [0, 0.05) is 17.3 Å². The molecule has 1 aromatic carbocycles. The zero-order chi connectivity index (χ0) is 13.2. The maximum absolute atomic E-state index is 13.1. The van der Waals surface area contributed by atoms with Crippen LogP contribution in [0.2, 0.25) is 0 Å². The van der Waals surface area contributed by atoms with E-state index in [0.717, 1.165) is 36.0 Å². The van der Waals surface area contributed by atoms with Crippen LogP contribution in [0.4, 0.5) is 4.39 Å². The quantitative estimate of drug-likeness (QED) is 0.886. The van der Waals surface area contributed by atoms with E-state index in [4.69, 9.17) is 0 Å². The van der Waals surface area contributed by atoms with Crippen molar-refractivity contribution in [2.75, 3.05) is 13.1 Å². The van der Waals surface area contributed by atoms with Gasteiger partial charge in [-0.1, -0.05) is 6.07 Å². The molecule has 0 unspecified atom stereocenters. The first kappa shape index (κ1) is 12.6. The Morgan fingerprint density at radius 3 is 3.11 bits per heavy atom. The Bertz CT molecular complexity index is 605. The average molecular weight is 278 g/mol. The van der Waals surface area contributed by atoms with Gasteiger partial charge in [0.1, 0.15) is 5.82 Å². The molecule has 1 saturated heterocycles. The first-order chi connectivity index (χ1) is 9.22. The van der Waals surface area contributed by atoms with Crippen LogP contribution in [0.5, 0.6) is 0 Å². The second-order valence-electron chi connectivity index (χ2n) is 4.81. The van der Waals surface area contributed by atoms with E-state index in [2.05, 4.69) is 10.6 Å². The molecule has 5 heteroatoms. The normalized spacial score (nSPS) is 19.5. The molecule has 2 heterocycles. The van der Waals surface area contributed by atoms with E-state index in [0.29, 0.717) is 4.88 Å². The minimum Gasteiger partial charge on any atom is -0.347 e. The molecule has 0 bridgehead atoms. The summed E-state index contributed by atoms with van der Waals surface area (Å²) in [5.74, 6) is -0.326. The highest BCUT2D eigenvalue weighted by Gasteiger charge is 2.17. The van der Waals surface area contributed by atoms with E-state index < -0.39 is 0 Å². The lowest BCUT2D eigenvalue weighted by atomic mass is 10.1. The van der Waals surface area contributed by atoms with Gasteiger partial charge in [-0.15, -0.1) is 11.3 Å². The molecule has 1 fully saturated rings. The van der Waals surface area contributed by atoms with Crippen LogP contribution in [-0.4, -0.2) is 25.0 Å². The van der Waals surface area contributed by atoms with E-state index in [-0.39, 0.29) is 17.8 Å². The van der Waals surface area contributed by atoms with Gasteiger partial charge in [-0.2, -0.15) is 0 Å².